The van der Waals surface area contributed by atoms with Crippen LogP contribution in [0, 0.1) is 5.92 Å². The summed E-state index contributed by atoms with van der Waals surface area (Å²) in [5.74, 6) is 1.43. The second kappa shape index (κ2) is 7.82. The molecule has 0 aliphatic heterocycles. The predicted molar refractivity (Wildman–Crippen MR) is 105 cm³/mol. The average molecular weight is 363 g/mol. The van der Waals surface area contributed by atoms with Crippen molar-refractivity contribution in [3.8, 4) is 5.75 Å². The third kappa shape index (κ3) is 4.30. The van der Waals surface area contributed by atoms with Crippen LogP contribution < -0.4 is 10.1 Å². The molecule has 5 nitrogen and oxygen atoms in total. The summed E-state index contributed by atoms with van der Waals surface area (Å²) < 4.78 is 7.83. The van der Waals surface area contributed by atoms with Gasteiger partial charge in [0.1, 0.15) is 18.0 Å². The van der Waals surface area contributed by atoms with Crippen LogP contribution in [0.3, 0.4) is 0 Å². The molecule has 1 aliphatic rings. The highest BCUT2D eigenvalue weighted by atomic mass is 16.5. The number of rotatable bonds is 5. The van der Waals surface area contributed by atoms with E-state index in [9.17, 15) is 4.79 Å². The Morgan fingerprint density at radius 2 is 2.04 bits per heavy atom. The van der Waals surface area contributed by atoms with Crippen molar-refractivity contribution in [3.63, 3.8) is 0 Å². The standard InChI is InChI=1S/C22H25N3O2/c1-16-8-10-18(11-9-16)24-22(26)17-5-4-6-20(13-17)27-15-19-14-25-12-3-2-7-21(25)23-19/h2-7,12-14,16,18H,8-11,15H2,1H3,(H,24,26). The predicted octanol–water partition coefficient (Wildman–Crippen LogP) is 4.22. The molecule has 1 N–H and O–H groups in total. The third-order valence-corrected chi connectivity index (χ3v) is 5.25. The van der Waals surface area contributed by atoms with Gasteiger partial charge in [0, 0.05) is 24.0 Å². The second-order valence-electron chi connectivity index (χ2n) is 7.45. The molecule has 140 valence electrons. The summed E-state index contributed by atoms with van der Waals surface area (Å²) in [5, 5.41) is 3.16. The lowest BCUT2D eigenvalue weighted by Gasteiger charge is -2.26. The Morgan fingerprint density at radius 3 is 2.85 bits per heavy atom. The van der Waals surface area contributed by atoms with Crippen LogP contribution in [-0.2, 0) is 6.61 Å². The van der Waals surface area contributed by atoms with Crippen LogP contribution in [0.2, 0.25) is 0 Å². The average Bonchev–Trinajstić information content (AvgIpc) is 3.11. The van der Waals surface area contributed by atoms with Crippen molar-refractivity contribution in [3.05, 3.63) is 66.1 Å². The van der Waals surface area contributed by atoms with Crippen LogP contribution in [0.4, 0.5) is 0 Å². The zero-order valence-electron chi connectivity index (χ0n) is 15.6. The molecule has 4 rings (SSSR count). The van der Waals surface area contributed by atoms with Crippen LogP contribution in [0.1, 0.15) is 48.7 Å². The van der Waals surface area contributed by atoms with Gasteiger partial charge in [-0.2, -0.15) is 0 Å². The largest absolute Gasteiger partial charge is 0.487 e. The minimum atomic E-state index is -0.0206. The van der Waals surface area contributed by atoms with Gasteiger partial charge in [-0.1, -0.05) is 19.1 Å². The molecule has 2 aromatic heterocycles. The van der Waals surface area contributed by atoms with E-state index in [-0.39, 0.29) is 11.9 Å². The van der Waals surface area contributed by atoms with E-state index in [0.29, 0.717) is 17.9 Å². The molecule has 0 spiro atoms. The van der Waals surface area contributed by atoms with Gasteiger partial charge in [0.2, 0.25) is 0 Å². The number of benzene rings is 1. The normalized spacial score (nSPS) is 19.7. The number of pyridine rings is 1. The second-order valence-corrected chi connectivity index (χ2v) is 7.45. The number of carbonyl (C=O) groups excluding carboxylic acids is 1. The van der Waals surface area contributed by atoms with Crippen molar-refractivity contribution < 1.29 is 9.53 Å². The summed E-state index contributed by atoms with van der Waals surface area (Å²) in [4.78, 5) is 17.1. The van der Waals surface area contributed by atoms with Crippen molar-refractivity contribution in [2.45, 2.75) is 45.3 Å². The Balaban J connectivity index is 1.37. The molecule has 1 saturated carbocycles. The topological polar surface area (TPSA) is 55.6 Å². The fourth-order valence-corrected chi connectivity index (χ4v) is 3.61. The molecule has 0 unspecified atom stereocenters. The number of carbonyl (C=O) groups is 1. The molecule has 2 heterocycles. The Bertz CT molecular complexity index is 893. The van der Waals surface area contributed by atoms with Crippen molar-refractivity contribution in [1.29, 1.82) is 0 Å². The fraction of sp³-hybridized carbons (Fsp3) is 0.364. The van der Waals surface area contributed by atoms with Gasteiger partial charge < -0.3 is 14.5 Å². The number of nitrogens with one attached hydrogen (secondary N) is 1. The molecule has 27 heavy (non-hydrogen) atoms. The van der Waals surface area contributed by atoms with Gasteiger partial charge in [-0.05, 0) is 61.9 Å². The number of imidazole rings is 1. The number of fused-ring (bicyclic) bond motifs is 1. The van der Waals surface area contributed by atoms with E-state index in [1.54, 1.807) is 6.07 Å². The Kier molecular flexibility index (Phi) is 5.10. The number of hydrogen-bond donors (Lipinski definition) is 1. The first-order valence-corrected chi connectivity index (χ1v) is 9.64. The van der Waals surface area contributed by atoms with Crippen molar-refractivity contribution in [2.75, 3.05) is 0 Å². The summed E-state index contributed by atoms with van der Waals surface area (Å²) in [6, 6.07) is 13.5. The molecule has 0 radical (unpaired) electrons. The van der Waals surface area contributed by atoms with E-state index in [1.807, 2.05) is 53.2 Å². The molecule has 0 bridgehead atoms. The fourth-order valence-electron chi connectivity index (χ4n) is 3.61. The molecule has 3 aromatic rings. The highest BCUT2D eigenvalue weighted by Crippen LogP contribution is 2.24. The van der Waals surface area contributed by atoms with Crippen LogP contribution in [0.5, 0.6) is 5.75 Å². The van der Waals surface area contributed by atoms with E-state index in [1.165, 1.54) is 12.8 Å². The van der Waals surface area contributed by atoms with Crippen molar-refractivity contribution in [1.82, 2.24) is 14.7 Å². The third-order valence-electron chi connectivity index (χ3n) is 5.25. The number of aromatic nitrogens is 2. The van der Waals surface area contributed by atoms with Crippen LogP contribution in [-0.4, -0.2) is 21.3 Å². The number of ether oxygens (including phenoxy) is 1. The van der Waals surface area contributed by atoms with Gasteiger partial charge in [-0.25, -0.2) is 4.98 Å². The summed E-state index contributed by atoms with van der Waals surface area (Å²) in [6.07, 6.45) is 8.42. The lowest BCUT2D eigenvalue weighted by Crippen LogP contribution is -2.37. The summed E-state index contributed by atoms with van der Waals surface area (Å²) in [5.41, 5.74) is 2.39. The number of amides is 1. The zero-order valence-corrected chi connectivity index (χ0v) is 15.6. The smallest absolute Gasteiger partial charge is 0.251 e. The molecular formula is C22H25N3O2. The first-order chi connectivity index (χ1) is 13.2. The molecule has 0 atom stereocenters. The quantitative estimate of drug-likeness (QED) is 0.738. The molecule has 1 fully saturated rings. The van der Waals surface area contributed by atoms with Gasteiger partial charge in [0.25, 0.3) is 5.91 Å². The van der Waals surface area contributed by atoms with E-state index in [0.717, 1.165) is 30.1 Å². The monoisotopic (exact) mass is 363 g/mol. The minimum absolute atomic E-state index is 0.0206. The highest BCUT2D eigenvalue weighted by molar-refractivity contribution is 5.94. The van der Waals surface area contributed by atoms with Gasteiger partial charge in [-0.15, -0.1) is 0 Å². The van der Waals surface area contributed by atoms with Gasteiger partial charge in [0.15, 0.2) is 0 Å². The summed E-state index contributed by atoms with van der Waals surface area (Å²) in [7, 11) is 0. The lowest BCUT2D eigenvalue weighted by atomic mass is 9.87. The number of hydrogen-bond acceptors (Lipinski definition) is 3. The van der Waals surface area contributed by atoms with E-state index in [4.69, 9.17) is 4.74 Å². The first kappa shape index (κ1) is 17.6. The van der Waals surface area contributed by atoms with Crippen molar-refractivity contribution >= 4 is 11.6 Å². The van der Waals surface area contributed by atoms with Crippen LogP contribution >= 0.6 is 0 Å². The summed E-state index contributed by atoms with van der Waals surface area (Å²) in [6.45, 7) is 2.65. The Hall–Kier alpha value is -2.82. The highest BCUT2D eigenvalue weighted by Gasteiger charge is 2.20. The van der Waals surface area contributed by atoms with Gasteiger partial charge in [-0.3, -0.25) is 4.79 Å². The molecule has 1 amide bonds. The Labute approximate surface area is 159 Å². The first-order valence-electron chi connectivity index (χ1n) is 9.64. The molecular weight excluding hydrogens is 338 g/mol. The van der Waals surface area contributed by atoms with Gasteiger partial charge >= 0.3 is 0 Å². The van der Waals surface area contributed by atoms with Crippen molar-refractivity contribution in [2.24, 2.45) is 5.92 Å². The maximum atomic E-state index is 12.6. The summed E-state index contributed by atoms with van der Waals surface area (Å²) >= 11 is 0. The zero-order chi connectivity index (χ0) is 18.6. The number of nitrogens with zero attached hydrogens (tertiary/aromatic N) is 2. The maximum absolute atomic E-state index is 12.6. The van der Waals surface area contributed by atoms with Crippen LogP contribution in [0.25, 0.3) is 5.65 Å². The molecule has 1 aromatic carbocycles. The van der Waals surface area contributed by atoms with E-state index < -0.39 is 0 Å². The molecule has 1 aliphatic carbocycles. The lowest BCUT2D eigenvalue weighted by molar-refractivity contribution is 0.0922. The van der Waals surface area contributed by atoms with Crippen LogP contribution in [0.15, 0.2) is 54.9 Å². The Morgan fingerprint density at radius 1 is 1.19 bits per heavy atom. The maximum Gasteiger partial charge on any atom is 0.251 e. The minimum Gasteiger partial charge on any atom is -0.487 e. The molecule has 0 saturated heterocycles. The molecule has 5 heteroatoms. The van der Waals surface area contributed by atoms with E-state index in [2.05, 4.69) is 17.2 Å². The van der Waals surface area contributed by atoms with E-state index >= 15 is 0 Å². The SMILES string of the molecule is CC1CCC(NC(=O)c2cccc(OCc3cn4ccccc4n3)c2)CC1. The van der Waals surface area contributed by atoms with Gasteiger partial charge in [0.05, 0.1) is 5.69 Å².